The fraction of sp³-hybridized carbons (Fsp3) is 0. The molecule has 28 heteroatoms. The molecule has 0 amide bonds. The molecule has 7 aromatic rings. The van der Waals surface area contributed by atoms with Crippen molar-refractivity contribution in [1.82, 2.24) is 0 Å². The van der Waals surface area contributed by atoms with Crippen LogP contribution in [0.1, 0.15) is 15.9 Å². The van der Waals surface area contributed by atoms with E-state index >= 15 is 0 Å². The number of azo groups is 2. The summed E-state index contributed by atoms with van der Waals surface area (Å²) in [5, 5.41) is 24.1. The van der Waals surface area contributed by atoms with Crippen LogP contribution in [0.25, 0.3) is 27.6 Å². The summed E-state index contributed by atoms with van der Waals surface area (Å²) in [4.78, 5) is 10.9. The van der Waals surface area contributed by atoms with Crippen LogP contribution in [0.3, 0.4) is 0 Å². The van der Waals surface area contributed by atoms with Crippen molar-refractivity contribution in [2.24, 2.45) is 25.6 Å². The number of ketones is 1. The monoisotopic (exact) mass is 1050 g/mol. The van der Waals surface area contributed by atoms with E-state index in [4.69, 9.17) is 0 Å². The predicted octanol–water partition coefficient (Wildman–Crippen LogP) is -4.15. The first kappa shape index (κ1) is 59.1. The molecule has 0 saturated heterocycles. The number of Topliss-reactive ketones (excluding diaryl/α,β-unsaturated/α-hetero) is 1. The first-order valence-corrected chi connectivity index (χ1v) is 24.2. The van der Waals surface area contributed by atoms with Gasteiger partial charge in [-0.1, -0.05) is 36.4 Å². The van der Waals surface area contributed by atoms with Crippen molar-refractivity contribution in [2.75, 3.05) is 10.7 Å². The normalized spacial score (nSPS) is 13.5. The molecule has 70 heavy (non-hydrogen) atoms. The summed E-state index contributed by atoms with van der Waals surface area (Å²) in [5.74, 6) is -0.929. The Balaban J connectivity index is 0.00000266. The second-order valence-corrected chi connectivity index (χ2v) is 19.6. The Kier molecular flexibility index (Phi) is 20.0. The number of anilines is 3. The summed E-state index contributed by atoms with van der Waals surface area (Å²) in [6.07, 6.45) is 1.00. The SMILES string of the molecule is O=C1/C(=N\Nc2ccc(N=Nc3ccc(N=Nc4cccc(S(=O)(=O)[O-])c4)c4cc(S(=O)(=O)[O-])ccc34)c3ccc(S(=O)(=O)[O-])cc23)C(S(=O)(=O)[O-])=Cc2cc(Nc3ccccc3)ccc21.[Na+].[Na+].[Na+].[Na+]. The van der Waals surface area contributed by atoms with Crippen LogP contribution in [0, 0.1) is 0 Å². The Labute approximate surface area is 488 Å². The minimum atomic E-state index is -5.32. The number of hydrogen-bond donors (Lipinski definition) is 2. The van der Waals surface area contributed by atoms with Crippen molar-refractivity contribution in [1.29, 1.82) is 0 Å². The molecule has 7 aromatic carbocycles. The number of nitrogens with zero attached hydrogens (tertiary/aromatic N) is 5. The van der Waals surface area contributed by atoms with E-state index in [-0.39, 0.29) is 179 Å². The van der Waals surface area contributed by atoms with E-state index in [0.29, 0.717) is 11.4 Å². The fourth-order valence-corrected chi connectivity index (χ4v) is 8.87. The van der Waals surface area contributed by atoms with Crippen molar-refractivity contribution in [3.63, 3.8) is 0 Å². The standard InChI is InChI=1S/C42H29N7O13S4.4Na/c50-42-31-12-9-26(43-25-5-2-1-3-6-25)19-24(31)20-40(66(60,61)62)41(42)49-48-39-18-16-37(33-14-11-30(23-35(33)39)65(57,58)59)47-46-36-15-17-38(34-22-29(64(54,55)56)10-13-32(34)36)45-44-27-7-4-8-28(21-27)63(51,52)53;;;;/h1-23,43,48H,(H,51,52,53)(H,54,55,56)(H,57,58,59)(H,60,61,62);;;;/q;4*+1/p-4/b45-44?,47-46?,49-41-;;;;. The average Bonchev–Trinajstić information content (AvgIpc) is 3.26. The minimum Gasteiger partial charge on any atom is -0.744 e. The molecule has 1 aliphatic carbocycles. The molecule has 8 rings (SSSR count). The Morgan fingerprint density at radius 1 is 0.443 bits per heavy atom. The van der Waals surface area contributed by atoms with Crippen LogP contribution in [-0.2, 0) is 40.5 Å². The number of allylic oxidation sites excluding steroid dienone is 1. The maximum absolute atomic E-state index is 13.7. The zero-order valence-electron chi connectivity index (χ0n) is 37.0. The number of hydrogen-bond acceptors (Lipinski definition) is 20. The van der Waals surface area contributed by atoms with Crippen LogP contribution in [-0.4, -0.2) is 63.4 Å². The summed E-state index contributed by atoms with van der Waals surface area (Å²) in [5.41, 5.74) is 3.06. The van der Waals surface area contributed by atoms with Gasteiger partial charge in [-0.05, 0) is 109 Å². The average molecular weight is 1060 g/mol. The number of nitrogens with one attached hydrogen (secondary N) is 2. The van der Waals surface area contributed by atoms with E-state index in [9.17, 15) is 56.7 Å². The van der Waals surface area contributed by atoms with E-state index in [2.05, 4.69) is 36.3 Å². The van der Waals surface area contributed by atoms with Crippen LogP contribution >= 0.6 is 0 Å². The number of rotatable bonds is 12. The Morgan fingerprint density at radius 2 is 0.971 bits per heavy atom. The van der Waals surface area contributed by atoms with Crippen molar-refractivity contribution in [3.05, 3.63) is 149 Å². The molecule has 1 aliphatic rings. The molecule has 0 fully saturated rings. The fourth-order valence-electron chi connectivity index (χ4n) is 6.71. The molecule has 0 radical (unpaired) electrons. The number of para-hydroxylation sites is 1. The summed E-state index contributed by atoms with van der Waals surface area (Å²) >= 11 is 0. The first-order chi connectivity index (χ1) is 31.1. The van der Waals surface area contributed by atoms with Crippen LogP contribution in [0.15, 0.2) is 179 Å². The van der Waals surface area contributed by atoms with Gasteiger partial charge in [0.05, 0.1) is 48.0 Å². The van der Waals surface area contributed by atoms with E-state index in [1.54, 1.807) is 30.3 Å². The Bertz CT molecular complexity index is 3810. The van der Waals surface area contributed by atoms with Gasteiger partial charge < -0.3 is 23.5 Å². The molecule has 20 nitrogen and oxygen atoms in total. The number of carbonyl (C=O) groups is 1. The second-order valence-electron chi connectivity index (χ2n) is 14.1. The largest absolute Gasteiger partial charge is 1.00 e. The van der Waals surface area contributed by atoms with E-state index < -0.39 is 71.6 Å². The van der Waals surface area contributed by atoms with Gasteiger partial charge in [0.1, 0.15) is 46.2 Å². The van der Waals surface area contributed by atoms with Gasteiger partial charge in [0.2, 0.25) is 5.78 Å². The molecule has 334 valence electrons. The third-order valence-corrected chi connectivity index (χ3v) is 13.1. The van der Waals surface area contributed by atoms with Crippen LogP contribution in [0.2, 0.25) is 0 Å². The minimum absolute atomic E-state index is 0. The van der Waals surface area contributed by atoms with E-state index in [0.717, 1.165) is 42.5 Å². The summed E-state index contributed by atoms with van der Waals surface area (Å²) in [7, 11) is -20.2. The van der Waals surface area contributed by atoms with Gasteiger partial charge in [-0.25, -0.2) is 33.7 Å². The zero-order valence-corrected chi connectivity index (χ0v) is 48.2. The van der Waals surface area contributed by atoms with Crippen LogP contribution in [0.5, 0.6) is 0 Å². The topological polar surface area (TPSA) is 332 Å². The number of hydrazone groups is 1. The maximum atomic E-state index is 13.7. The van der Waals surface area contributed by atoms with Crippen LogP contribution < -0.4 is 129 Å². The molecule has 0 aliphatic heterocycles. The third-order valence-electron chi connectivity index (χ3n) is 9.78. The quantitative estimate of drug-likeness (QED) is 0.0508. The third kappa shape index (κ3) is 13.6. The van der Waals surface area contributed by atoms with Gasteiger partial charge in [0.25, 0.3) is 0 Å². The zero-order chi connectivity index (χ0) is 47.2. The smallest absolute Gasteiger partial charge is 0.744 e. The predicted molar refractivity (Wildman–Crippen MR) is 236 cm³/mol. The van der Waals surface area contributed by atoms with Gasteiger partial charge in [-0.2, -0.15) is 10.2 Å². The summed E-state index contributed by atoms with van der Waals surface area (Å²) < 4.78 is 144. The number of benzene rings is 7. The molecule has 0 atom stereocenters. The molecule has 0 heterocycles. The summed E-state index contributed by atoms with van der Waals surface area (Å²) in [6, 6.07) is 29.9. The molecule has 0 unspecified atom stereocenters. The number of carbonyl (C=O) groups excluding carboxylic acids is 1. The van der Waals surface area contributed by atoms with Crippen molar-refractivity contribution < 1.29 is 175 Å². The van der Waals surface area contributed by atoms with E-state index in [1.807, 2.05) is 6.07 Å². The molecule has 0 saturated carbocycles. The van der Waals surface area contributed by atoms with Crippen molar-refractivity contribution >= 4 is 119 Å². The van der Waals surface area contributed by atoms with Gasteiger partial charge >= 0.3 is 118 Å². The van der Waals surface area contributed by atoms with Gasteiger partial charge in [0.15, 0.2) is 0 Å². The molecule has 0 bridgehead atoms. The van der Waals surface area contributed by atoms with Gasteiger partial charge in [-0.3, -0.25) is 10.2 Å². The molecular weight excluding hydrogens is 1030 g/mol. The molecule has 2 N–H and O–H groups in total. The first-order valence-electron chi connectivity index (χ1n) is 18.6. The Morgan fingerprint density at radius 3 is 1.56 bits per heavy atom. The molecule has 0 spiro atoms. The molecular formula is C42H25N7Na4O13S4. The van der Waals surface area contributed by atoms with Crippen molar-refractivity contribution in [3.8, 4) is 0 Å². The summed E-state index contributed by atoms with van der Waals surface area (Å²) in [6.45, 7) is 0. The second kappa shape index (κ2) is 23.6. The van der Waals surface area contributed by atoms with Gasteiger partial charge in [-0.15, -0.1) is 15.3 Å². The molecule has 0 aromatic heterocycles. The van der Waals surface area contributed by atoms with Crippen LogP contribution in [0.4, 0.5) is 39.8 Å². The maximum Gasteiger partial charge on any atom is 1.00 e. The van der Waals surface area contributed by atoms with Gasteiger partial charge in [0, 0.05) is 38.5 Å². The Hall–Kier alpha value is -3.42. The van der Waals surface area contributed by atoms with E-state index in [1.165, 1.54) is 60.7 Å². The van der Waals surface area contributed by atoms with Crippen molar-refractivity contribution in [2.45, 2.75) is 14.7 Å². The number of fused-ring (bicyclic) bond motifs is 3.